The van der Waals surface area contributed by atoms with Gasteiger partial charge in [0.2, 0.25) is 0 Å². The number of hydrogen-bond acceptors (Lipinski definition) is 0. The van der Waals surface area contributed by atoms with Crippen molar-refractivity contribution in [2.45, 2.75) is 64.7 Å². The normalized spacial score (nSPS) is 19.7. The Morgan fingerprint density at radius 1 is 0.938 bits per heavy atom. The average Bonchev–Trinajstić information content (AvgIpc) is 2.35. The van der Waals surface area contributed by atoms with Crippen molar-refractivity contribution in [1.82, 2.24) is 0 Å². The van der Waals surface area contributed by atoms with Crippen molar-refractivity contribution in [3.8, 4) is 0 Å². The molecule has 0 saturated carbocycles. The topological polar surface area (TPSA) is 0 Å². The van der Waals surface area contributed by atoms with Crippen molar-refractivity contribution in [1.29, 1.82) is 0 Å². The lowest BCUT2D eigenvalue weighted by Crippen LogP contribution is -2.04. The first kappa shape index (κ1) is 11.7. The summed E-state index contributed by atoms with van der Waals surface area (Å²) in [6.07, 6.45) is 19.3. The second kappa shape index (κ2) is 6.08. The van der Waals surface area contributed by atoms with E-state index in [1.807, 2.05) is 0 Å². The van der Waals surface area contributed by atoms with E-state index < -0.39 is 0 Å². The SMILES string of the molecule is CCCCCCC1=CCCC2=CCCC=C21. The van der Waals surface area contributed by atoms with Gasteiger partial charge < -0.3 is 0 Å². The maximum Gasteiger partial charge on any atom is -0.0239 e. The molecule has 2 aliphatic carbocycles. The molecule has 0 heteroatoms. The smallest absolute Gasteiger partial charge is 0.0239 e. The van der Waals surface area contributed by atoms with Crippen LogP contribution in [0.4, 0.5) is 0 Å². The molecule has 0 aromatic carbocycles. The van der Waals surface area contributed by atoms with E-state index in [9.17, 15) is 0 Å². The first-order valence-electron chi connectivity index (χ1n) is 7.00. The Balaban J connectivity index is 1.91. The summed E-state index contributed by atoms with van der Waals surface area (Å²) in [6, 6.07) is 0. The fourth-order valence-corrected chi connectivity index (χ4v) is 2.79. The molecule has 0 amide bonds. The third-order valence-corrected chi connectivity index (χ3v) is 3.70. The Kier molecular flexibility index (Phi) is 4.44. The summed E-state index contributed by atoms with van der Waals surface area (Å²) in [7, 11) is 0. The quantitative estimate of drug-likeness (QED) is 0.545. The van der Waals surface area contributed by atoms with Gasteiger partial charge in [0.15, 0.2) is 0 Å². The van der Waals surface area contributed by atoms with Gasteiger partial charge in [-0.05, 0) is 55.2 Å². The highest BCUT2D eigenvalue weighted by Crippen LogP contribution is 2.35. The fourth-order valence-electron chi connectivity index (χ4n) is 2.79. The van der Waals surface area contributed by atoms with Gasteiger partial charge in [-0.2, -0.15) is 0 Å². The fraction of sp³-hybridized carbons (Fsp3) is 0.625. The van der Waals surface area contributed by atoms with Gasteiger partial charge in [0, 0.05) is 0 Å². The van der Waals surface area contributed by atoms with Gasteiger partial charge >= 0.3 is 0 Å². The summed E-state index contributed by atoms with van der Waals surface area (Å²) in [5.74, 6) is 0. The van der Waals surface area contributed by atoms with Crippen LogP contribution in [-0.4, -0.2) is 0 Å². The molecule has 16 heavy (non-hydrogen) atoms. The van der Waals surface area contributed by atoms with Gasteiger partial charge in [0.05, 0.1) is 0 Å². The van der Waals surface area contributed by atoms with E-state index >= 15 is 0 Å². The van der Waals surface area contributed by atoms with Crippen LogP contribution in [0.5, 0.6) is 0 Å². The minimum atomic E-state index is 1.26. The van der Waals surface area contributed by atoms with E-state index in [1.54, 1.807) is 16.7 Å². The number of hydrogen-bond donors (Lipinski definition) is 0. The largest absolute Gasteiger partial charge is 0.0804 e. The van der Waals surface area contributed by atoms with E-state index in [2.05, 4.69) is 25.2 Å². The molecule has 0 aromatic rings. The molecule has 2 aliphatic rings. The molecule has 0 saturated heterocycles. The molecule has 0 radical (unpaired) electrons. The third kappa shape index (κ3) is 2.87. The maximum absolute atomic E-state index is 2.49. The summed E-state index contributed by atoms with van der Waals surface area (Å²) in [6.45, 7) is 2.28. The van der Waals surface area contributed by atoms with E-state index in [0.717, 1.165) is 0 Å². The molecular weight excluding hydrogens is 192 g/mol. The molecule has 0 nitrogen and oxygen atoms in total. The van der Waals surface area contributed by atoms with Crippen LogP contribution in [0.3, 0.4) is 0 Å². The number of unbranched alkanes of at least 4 members (excludes halogenated alkanes) is 3. The molecule has 0 bridgehead atoms. The van der Waals surface area contributed by atoms with Crippen LogP contribution >= 0.6 is 0 Å². The minimum absolute atomic E-state index is 1.26. The standard InChI is InChI=1S/C16H24/c1-2-3-4-5-9-14-11-8-12-15-10-6-7-13-16(14)15/h10-11,13H,2-9,12H2,1H3. The van der Waals surface area contributed by atoms with Crippen LogP contribution < -0.4 is 0 Å². The predicted octanol–water partition coefficient (Wildman–Crippen LogP) is 5.32. The molecule has 88 valence electrons. The van der Waals surface area contributed by atoms with Crippen LogP contribution in [0.1, 0.15) is 64.7 Å². The van der Waals surface area contributed by atoms with Gasteiger partial charge in [-0.15, -0.1) is 0 Å². The van der Waals surface area contributed by atoms with Crippen molar-refractivity contribution in [3.05, 3.63) is 34.9 Å². The molecule has 0 atom stereocenters. The molecular formula is C16H24. The summed E-state index contributed by atoms with van der Waals surface area (Å²) in [5, 5.41) is 0. The zero-order valence-electron chi connectivity index (χ0n) is 10.6. The second-order valence-corrected chi connectivity index (χ2v) is 5.00. The van der Waals surface area contributed by atoms with Crippen LogP contribution in [-0.2, 0) is 0 Å². The summed E-state index contributed by atoms with van der Waals surface area (Å²) >= 11 is 0. The van der Waals surface area contributed by atoms with Crippen molar-refractivity contribution in [2.24, 2.45) is 0 Å². The first-order valence-corrected chi connectivity index (χ1v) is 7.00. The van der Waals surface area contributed by atoms with E-state index in [4.69, 9.17) is 0 Å². The zero-order valence-corrected chi connectivity index (χ0v) is 10.6. The molecule has 0 spiro atoms. The number of allylic oxidation sites excluding steroid dienone is 6. The molecule has 0 unspecified atom stereocenters. The Morgan fingerprint density at radius 3 is 2.69 bits per heavy atom. The van der Waals surface area contributed by atoms with Crippen LogP contribution in [0, 0.1) is 0 Å². The van der Waals surface area contributed by atoms with Gasteiger partial charge in [-0.1, -0.05) is 44.4 Å². The average molecular weight is 216 g/mol. The molecule has 0 aliphatic heterocycles. The highest BCUT2D eigenvalue weighted by molar-refractivity contribution is 5.50. The Hall–Kier alpha value is -0.780. The van der Waals surface area contributed by atoms with Gasteiger partial charge in [-0.3, -0.25) is 0 Å². The van der Waals surface area contributed by atoms with E-state index in [1.165, 1.54) is 57.8 Å². The lowest BCUT2D eigenvalue weighted by Gasteiger charge is -2.23. The second-order valence-electron chi connectivity index (χ2n) is 5.00. The summed E-state index contributed by atoms with van der Waals surface area (Å²) in [4.78, 5) is 0. The monoisotopic (exact) mass is 216 g/mol. The van der Waals surface area contributed by atoms with Crippen molar-refractivity contribution >= 4 is 0 Å². The number of rotatable bonds is 5. The highest BCUT2D eigenvalue weighted by Gasteiger charge is 2.16. The Labute approximate surface area is 100 Å². The minimum Gasteiger partial charge on any atom is -0.0804 e. The zero-order chi connectivity index (χ0) is 11.2. The first-order chi connectivity index (χ1) is 7.92. The lowest BCUT2D eigenvalue weighted by atomic mass is 9.82. The van der Waals surface area contributed by atoms with Gasteiger partial charge in [0.25, 0.3) is 0 Å². The van der Waals surface area contributed by atoms with Crippen LogP contribution in [0.25, 0.3) is 0 Å². The molecule has 0 heterocycles. The summed E-state index contributed by atoms with van der Waals surface area (Å²) < 4.78 is 0. The van der Waals surface area contributed by atoms with E-state index in [-0.39, 0.29) is 0 Å². The van der Waals surface area contributed by atoms with Crippen LogP contribution in [0.15, 0.2) is 34.9 Å². The van der Waals surface area contributed by atoms with Crippen molar-refractivity contribution in [3.63, 3.8) is 0 Å². The molecule has 0 aromatic heterocycles. The highest BCUT2D eigenvalue weighted by atomic mass is 14.2. The predicted molar refractivity (Wildman–Crippen MR) is 71.5 cm³/mol. The lowest BCUT2D eigenvalue weighted by molar-refractivity contribution is 0.661. The van der Waals surface area contributed by atoms with E-state index in [0.29, 0.717) is 0 Å². The van der Waals surface area contributed by atoms with Gasteiger partial charge in [-0.25, -0.2) is 0 Å². The third-order valence-electron chi connectivity index (χ3n) is 3.70. The van der Waals surface area contributed by atoms with Crippen LogP contribution in [0.2, 0.25) is 0 Å². The Morgan fingerprint density at radius 2 is 1.81 bits per heavy atom. The number of fused-ring (bicyclic) bond motifs is 1. The maximum atomic E-state index is 2.49. The Bertz CT molecular complexity index is 315. The van der Waals surface area contributed by atoms with Crippen molar-refractivity contribution < 1.29 is 0 Å². The van der Waals surface area contributed by atoms with Gasteiger partial charge in [0.1, 0.15) is 0 Å². The van der Waals surface area contributed by atoms with Crippen molar-refractivity contribution in [2.75, 3.05) is 0 Å². The molecule has 0 fully saturated rings. The summed E-state index contributed by atoms with van der Waals surface area (Å²) in [5.41, 5.74) is 4.89. The molecule has 2 rings (SSSR count). The molecule has 0 N–H and O–H groups in total.